The summed E-state index contributed by atoms with van der Waals surface area (Å²) in [6, 6.07) is 0. The topological polar surface area (TPSA) is 92.2 Å². The fourth-order valence-corrected chi connectivity index (χ4v) is 2.65. The summed E-state index contributed by atoms with van der Waals surface area (Å²) >= 11 is 3.15. The Labute approximate surface area is 118 Å². The van der Waals surface area contributed by atoms with Crippen molar-refractivity contribution in [3.8, 4) is 0 Å². The molecule has 1 saturated carbocycles. The summed E-state index contributed by atoms with van der Waals surface area (Å²) in [6.07, 6.45) is 4.03. The number of amides is 1. The second-order valence-electron chi connectivity index (χ2n) is 4.84. The molecule has 3 unspecified atom stereocenters. The summed E-state index contributed by atoms with van der Waals surface area (Å²) in [4.78, 5) is 31.2. The standard InChI is InChI=1S/C12H14BrN3O3/c1-6-2-7(8(3-6)12(18)19)11(17)16-10-5-14-9(13)4-15-10/h4-8H,2-3H2,1H3,(H,18,19)(H,15,16,17). The minimum Gasteiger partial charge on any atom is -0.481 e. The highest BCUT2D eigenvalue weighted by atomic mass is 79.9. The lowest BCUT2D eigenvalue weighted by molar-refractivity contribution is -0.145. The van der Waals surface area contributed by atoms with Crippen molar-refractivity contribution in [3.63, 3.8) is 0 Å². The van der Waals surface area contributed by atoms with Crippen LogP contribution >= 0.6 is 15.9 Å². The van der Waals surface area contributed by atoms with E-state index in [0.29, 0.717) is 23.3 Å². The molecule has 6 nitrogen and oxygen atoms in total. The van der Waals surface area contributed by atoms with E-state index in [9.17, 15) is 9.59 Å². The number of carboxylic acids is 1. The number of halogens is 1. The Kier molecular flexibility index (Phi) is 4.14. The molecule has 0 bridgehead atoms. The third kappa shape index (κ3) is 3.28. The van der Waals surface area contributed by atoms with Crippen molar-refractivity contribution in [1.82, 2.24) is 9.97 Å². The molecule has 0 radical (unpaired) electrons. The van der Waals surface area contributed by atoms with Crippen LogP contribution in [-0.2, 0) is 9.59 Å². The van der Waals surface area contributed by atoms with Gasteiger partial charge >= 0.3 is 5.97 Å². The van der Waals surface area contributed by atoms with Gasteiger partial charge in [-0.25, -0.2) is 9.97 Å². The molecular weight excluding hydrogens is 314 g/mol. The van der Waals surface area contributed by atoms with Crippen LogP contribution in [0.15, 0.2) is 17.0 Å². The average molecular weight is 328 g/mol. The number of carbonyl (C=O) groups excluding carboxylic acids is 1. The smallest absolute Gasteiger partial charge is 0.307 e. The zero-order chi connectivity index (χ0) is 14.0. The second-order valence-corrected chi connectivity index (χ2v) is 5.65. The first-order valence-electron chi connectivity index (χ1n) is 5.98. The van der Waals surface area contributed by atoms with E-state index in [1.807, 2.05) is 6.92 Å². The van der Waals surface area contributed by atoms with Crippen LogP contribution < -0.4 is 5.32 Å². The fraction of sp³-hybridized carbons (Fsp3) is 0.500. The number of hydrogen-bond acceptors (Lipinski definition) is 4. The number of aromatic nitrogens is 2. The lowest BCUT2D eigenvalue weighted by Gasteiger charge is -2.14. The fourth-order valence-electron chi connectivity index (χ4n) is 2.45. The maximum absolute atomic E-state index is 12.1. The van der Waals surface area contributed by atoms with Crippen LogP contribution in [0.1, 0.15) is 19.8 Å². The zero-order valence-corrected chi connectivity index (χ0v) is 11.9. The number of carboxylic acid groups (broad SMARTS) is 1. The molecule has 1 heterocycles. The van der Waals surface area contributed by atoms with E-state index in [-0.39, 0.29) is 11.8 Å². The van der Waals surface area contributed by atoms with Gasteiger partial charge in [-0.2, -0.15) is 0 Å². The minimum absolute atomic E-state index is 0.243. The number of aliphatic carboxylic acids is 1. The van der Waals surface area contributed by atoms with E-state index < -0.39 is 17.8 Å². The highest BCUT2D eigenvalue weighted by Gasteiger charge is 2.41. The normalized spacial score (nSPS) is 26.1. The first-order chi connectivity index (χ1) is 8.97. The van der Waals surface area contributed by atoms with Crippen molar-refractivity contribution in [2.45, 2.75) is 19.8 Å². The monoisotopic (exact) mass is 327 g/mol. The molecule has 0 spiro atoms. The molecule has 1 fully saturated rings. The van der Waals surface area contributed by atoms with Gasteiger partial charge in [-0.05, 0) is 34.7 Å². The molecule has 1 amide bonds. The largest absolute Gasteiger partial charge is 0.481 e. The van der Waals surface area contributed by atoms with Gasteiger partial charge in [0.05, 0.1) is 24.2 Å². The maximum atomic E-state index is 12.1. The van der Waals surface area contributed by atoms with E-state index in [1.165, 1.54) is 12.4 Å². The van der Waals surface area contributed by atoms with Crippen LogP contribution in [0, 0.1) is 17.8 Å². The summed E-state index contributed by atoms with van der Waals surface area (Å²) in [7, 11) is 0. The van der Waals surface area contributed by atoms with E-state index in [2.05, 4.69) is 31.2 Å². The predicted molar refractivity (Wildman–Crippen MR) is 71.4 cm³/mol. The summed E-state index contributed by atoms with van der Waals surface area (Å²) in [5.74, 6) is -1.75. The molecule has 102 valence electrons. The molecule has 0 aliphatic heterocycles. The van der Waals surface area contributed by atoms with Gasteiger partial charge in [0, 0.05) is 0 Å². The van der Waals surface area contributed by atoms with Crippen LogP contribution in [0.2, 0.25) is 0 Å². The van der Waals surface area contributed by atoms with Gasteiger partial charge < -0.3 is 10.4 Å². The first kappa shape index (κ1) is 13.9. The maximum Gasteiger partial charge on any atom is 0.307 e. The SMILES string of the molecule is CC1CC(C(=O)O)C(C(=O)Nc2cnc(Br)cn2)C1. The molecular formula is C12H14BrN3O3. The molecule has 0 saturated heterocycles. The van der Waals surface area contributed by atoms with E-state index in [4.69, 9.17) is 5.11 Å². The minimum atomic E-state index is -0.911. The summed E-state index contributed by atoms with van der Waals surface area (Å²) < 4.78 is 0.573. The highest BCUT2D eigenvalue weighted by Crippen LogP contribution is 2.36. The number of anilines is 1. The van der Waals surface area contributed by atoms with E-state index >= 15 is 0 Å². The van der Waals surface area contributed by atoms with Crippen molar-refractivity contribution < 1.29 is 14.7 Å². The highest BCUT2D eigenvalue weighted by molar-refractivity contribution is 9.10. The Bertz CT molecular complexity index is 491. The van der Waals surface area contributed by atoms with E-state index in [1.54, 1.807) is 0 Å². The Morgan fingerprint density at radius 1 is 1.32 bits per heavy atom. The van der Waals surface area contributed by atoms with Crippen LogP contribution in [0.4, 0.5) is 5.82 Å². The van der Waals surface area contributed by atoms with Crippen LogP contribution in [0.5, 0.6) is 0 Å². The van der Waals surface area contributed by atoms with Crippen LogP contribution in [0.25, 0.3) is 0 Å². The average Bonchev–Trinajstić information content (AvgIpc) is 2.74. The van der Waals surface area contributed by atoms with Crippen LogP contribution in [0.3, 0.4) is 0 Å². The zero-order valence-electron chi connectivity index (χ0n) is 10.3. The summed E-state index contributed by atoms with van der Waals surface area (Å²) in [5, 5.41) is 11.8. The molecule has 19 heavy (non-hydrogen) atoms. The van der Waals surface area contributed by atoms with Crippen molar-refractivity contribution >= 4 is 33.6 Å². The molecule has 1 aliphatic carbocycles. The first-order valence-corrected chi connectivity index (χ1v) is 6.78. The number of hydrogen-bond donors (Lipinski definition) is 2. The van der Waals surface area contributed by atoms with Gasteiger partial charge in [-0.3, -0.25) is 9.59 Å². The number of rotatable bonds is 3. The molecule has 2 N–H and O–H groups in total. The van der Waals surface area contributed by atoms with Crippen molar-refractivity contribution in [2.24, 2.45) is 17.8 Å². The predicted octanol–water partition coefficient (Wildman–Crippen LogP) is 1.92. The van der Waals surface area contributed by atoms with Gasteiger partial charge in [-0.1, -0.05) is 6.92 Å². The van der Waals surface area contributed by atoms with Crippen LogP contribution in [-0.4, -0.2) is 27.0 Å². The molecule has 0 aromatic carbocycles. The quantitative estimate of drug-likeness (QED) is 0.884. The molecule has 3 atom stereocenters. The van der Waals surface area contributed by atoms with Gasteiger partial charge in [0.25, 0.3) is 0 Å². The lowest BCUT2D eigenvalue weighted by Crippen LogP contribution is -2.30. The summed E-state index contributed by atoms with van der Waals surface area (Å²) in [5.41, 5.74) is 0. The van der Waals surface area contributed by atoms with Gasteiger partial charge in [0.1, 0.15) is 4.60 Å². The third-order valence-corrected chi connectivity index (χ3v) is 3.73. The van der Waals surface area contributed by atoms with Crippen molar-refractivity contribution in [2.75, 3.05) is 5.32 Å². The lowest BCUT2D eigenvalue weighted by atomic mass is 9.95. The Balaban J connectivity index is 2.06. The van der Waals surface area contributed by atoms with E-state index in [0.717, 1.165) is 0 Å². The van der Waals surface area contributed by atoms with Crippen molar-refractivity contribution in [3.05, 3.63) is 17.0 Å². The Hall–Kier alpha value is -1.50. The van der Waals surface area contributed by atoms with Crippen molar-refractivity contribution in [1.29, 1.82) is 0 Å². The number of nitrogens with one attached hydrogen (secondary N) is 1. The Morgan fingerprint density at radius 2 is 2.00 bits per heavy atom. The van der Waals surface area contributed by atoms with Gasteiger partial charge in [0.2, 0.25) is 5.91 Å². The van der Waals surface area contributed by atoms with Gasteiger partial charge in [-0.15, -0.1) is 0 Å². The number of nitrogens with zero attached hydrogens (tertiary/aromatic N) is 2. The molecule has 1 aromatic rings. The summed E-state index contributed by atoms with van der Waals surface area (Å²) in [6.45, 7) is 1.96. The molecule has 1 aliphatic rings. The third-order valence-electron chi connectivity index (χ3n) is 3.32. The second kappa shape index (κ2) is 5.64. The molecule has 7 heteroatoms. The van der Waals surface area contributed by atoms with Gasteiger partial charge in [0.15, 0.2) is 5.82 Å². The number of carbonyl (C=O) groups is 2. The molecule has 2 rings (SSSR count). The molecule has 1 aromatic heterocycles. The Morgan fingerprint density at radius 3 is 2.58 bits per heavy atom.